The predicted molar refractivity (Wildman–Crippen MR) is 116 cm³/mol. The van der Waals surface area contributed by atoms with Crippen molar-refractivity contribution in [1.82, 2.24) is 10.5 Å². The fourth-order valence-corrected chi connectivity index (χ4v) is 3.66. The second kappa shape index (κ2) is 9.55. The largest absolute Gasteiger partial charge is 0.468 e. The van der Waals surface area contributed by atoms with E-state index in [1.165, 1.54) is 7.11 Å². The van der Waals surface area contributed by atoms with E-state index in [-0.39, 0.29) is 12.0 Å². The molecule has 146 valence electrons. The second-order valence-corrected chi connectivity index (χ2v) is 6.95. The van der Waals surface area contributed by atoms with E-state index in [2.05, 4.69) is 46.9 Å². The van der Waals surface area contributed by atoms with E-state index in [4.69, 9.17) is 12.7 Å². The summed E-state index contributed by atoms with van der Waals surface area (Å²) in [5.41, 5.74) is 2.25. The van der Waals surface area contributed by atoms with Crippen molar-refractivity contribution in [3.8, 4) is 0 Å². The fraction of sp³-hybridized carbons (Fsp3) is 0.208. The zero-order valence-electron chi connectivity index (χ0n) is 16.7. The van der Waals surface area contributed by atoms with Gasteiger partial charge in [0.05, 0.1) is 12.6 Å². The number of benzene rings is 3. The Hall–Kier alpha value is -2.89. The van der Waals surface area contributed by atoms with Gasteiger partial charge in [-0.05, 0) is 23.6 Å². The van der Waals surface area contributed by atoms with Crippen LogP contribution in [0, 0.1) is 0 Å². The zero-order chi connectivity index (χ0) is 20.7. The summed E-state index contributed by atoms with van der Waals surface area (Å²) in [5, 5.41) is 6.29. The van der Waals surface area contributed by atoms with Crippen LogP contribution in [0.3, 0.4) is 0 Å². The summed E-state index contributed by atoms with van der Waals surface area (Å²) in [4.78, 5) is 12.7. The summed E-state index contributed by atoms with van der Waals surface area (Å²) in [6, 6.07) is 29.2. The molecule has 0 amide bonds. The standard InChI is InChI=1S/C24H25BN2O2/c1-18(27-25)22(23(28)29-2)26-24(19-12-6-3-7-13-19,20-14-8-4-9-15-20)21-16-10-5-11-17-21/h3-18,22,26-27H,1-2H3/t18-,22+/m1/s1. The van der Waals surface area contributed by atoms with Crippen LogP contribution in [0.4, 0.5) is 0 Å². The molecule has 0 aliphatic heterocycles. The van der Waals surface area contributed by atoms with Gasteiger partial charge in [-0.2, -0.15) is 0 Å². The van der Waals surface area contributed by atoms with Crippen LogP contribution in [0.5, 0.6) is 0 Å². The van der Waals surface area contributed by atoms with Crippen molar-refractivity contribution in [1.29, 1.82) is 0 Å². The number of esters is 1. The summed E-state index contributed by atoms with van der Waals surface area (Å²) in [7, 11) is 7.09. The average molecular weight is 384 g/mol. The maximum atomic E-state index is 12.7. The van der Waals surface area contributed by atoms with Gasteiger partial charge in [-0.3, -0.25) is 10.1 Å². The molecule has 0 aliphatic rings. The maximum Gasteiger partial charge on any atom is 0.324 e. The van der Waals surface area contributed by atoms with Crippen LogP contribution in [-0.2, 0) is 15.1 Å². The molecule has 0 saturated heterocycles. The summed E-state index contributed by atoms with van der Waals surface area (Å²) >= 11 is 0. The van der Waals surface area contributed by atoms with Gasteiger partial charge >= 0.3 is 5.97 Å². The van der Waals surface area contributed by atoms with Crippen molar-refractivity contribution in [3.05, 3.63) is 108 Å². The Bertz CT molecular complexity index is 807. The second-order valence-electron chi connectivity index (χ2n) is 6.95. The first-order valence-corrected chi connectivity index (χ1v) is 9.61. The van der Waals surface area contributed by atoms with E-state index in [0.717, 1.165) is 16.7 Å². The third kappa shape index (κ3) is 4.26. The average Bonchev–Trinajstić information content (AvgIpc) is 2.81. The lowest BCUT2D eigenvalue weighted by atomic mass is 9.76. The van der Waals surface area contributed by atoms with Crippen LogP contribution in [-0.4, -0.2) is 33.1 Å². The number of nitrogens with one attached hydrogen (secondary N) is 2. The molecule has 5 heteroatoms. The third-order valence-corrected chi connectivity index (χ3v) is 5.21. The number of carbonyl (C=O) groups excluding carboxylic acids is 1. The number of hydrogen-bond donors (Lipinski definition) is 2. The van der Waals surface area contributed by atoms with E-state index in [0.29, 0.717) is 0 Å². The molecule has 2 atom stereocenters. The normalized spacial score (nSPS) is 13.4. The Morgan fingerprint density at radius 2 is 1.21 bits per heavy atom. The highest BCUT2D eigenvalue weighted by Crippen LogP contribution is 2.37. The molecular weight excluding hydrogens is 359 g/mol. The van der Waals surface area contributed by atoms with E-state index in [9.17, 15) is 4.79 Å². The van der Waals surface area contributed by atoms with Crippen molar-refractivity contribution in [2.24, 2.45) is 0 Å². The van der Waals surface area contributed by atoms with Crippen LogP contribution in [0.1, 0.15) is 23.6 Å². The van der Waals surface area contributed by atoms with E-state index in [1.807, 2.05) is 61.5 Å². The quantitative estimate of drug-likeness (QED) is 0.356. The van der Waals surface area contributed by atoms with Gasteiger partial charge < -0.3 is 9.96 Å². The van der Waals surface area contributed by atoms with Crippen molar-refractivity contribution in [2.45, 2.75) is 24.5 Å². The summed E-state index contributed by atoms with van der Waals surface area (Å²) in [6.45, 7) is 1.85. The van der Waals surface area contributed by atoms with Crippen molar-refractivity contribution < 1.29 is 9.53 Å². The first kappa shape index (κ1) is 20.8. The van der Waals surface area contributed by atoms with Gasteiger partial charge in [0, 0.05) is 6.04 Å². The lowest BCUT2D eigenvalue weighted by molar-refractivity contribution is -0.144. The first-order valence-electron chi connectivity index (χ1n) is 9.61. The fourth-order valence-electron chi connectivity index (χ4n) is 3.66. The van der Waals surface area contributed by atoms with Crippen LogP contribution in [0.25, 0.3) is 0 Å². The highest BCUT2D eigenvalue weighted by Gasteiger charge is 2.41. The molecule has 0 spiro atoms. The van der Waals surface area contributed by atoms with Crippen LogP contribution < -0.4 is 10.5 Å². The monoisotopic (exact) mass is 384 g/mol. The molecule has 2 N–H and O–H groups in total. The lowest BCUT2D eigenvalue weighted by Crippen LogP contribution is -2.59. The van der Waals surface area contributed by atoms with Crippen LogP contribution >= 0.6 is 0 Å². The Labute approximate surface area is 173 Å². The summed E-state index contributed by atoms with van der Waals surface area (Å²) in [5.74, 6) is -0.386. The Balaban J connectivity index is 2.28. The van der Waals surface area contributed by atoms with Gasteiger partial charge in [0.15, 0.2) is 7.98 Å². The molecule has 3 aromatic rings. The smallest absolute Gasteiger partial charge is 0.324 e. The molecule has 4 nitrogen and oxygen atoms in total. The molecule has 0 saturated carbocycles. The Morgan fingerprint density at radius 3 is 1.52 bits per heavy atom. The minimum absolute atomic E-state index is 0.363. The van der Waals surface area contributed by atoms with Crippen molar-refractivity contribution in [2.75, 3.05) is 7.11 Å². The molecular formula is C24H25BN2O2. The zero-order valence-corrected chi connectivity index (χ0v) is 16.7. The molecule has 0 aliphatic carbocycles. The van der Waals surface area contributed by atoms with Gasteiger partial charge in [-0.15, -0.1) is 0 Å². The SMILES string of the molecule is [B]N[C@H](C)[C@H](NC(c1ccccc1)(c1ccccc1)c1ccccc1)C(=O)OC. The molecule has 2 radical (unpaired) electrons. The van der Waals surface area contributed by atoms with E-state index < -0.39 is 11.6 Å². The molecule has 0 unspecified atom stereocenters. The number of ether oxygens (including phenoxy) is 1. The summed E-state index contributed by atoms with van der Waals surface area (Å²) in [6.07, 6.45) is 0. The molecule has 0 aromatic heterocycles. The predicted octanol–water partition coefficient (Wildman–Crippen LogP) is 3.17. The molecule has 0 fully saturated rings. The number of carbonyl (C=O) groups is 1. The van der Waals surface area contributed by atoms with Gasteiger partial charge in [0.2, 0.25) is 0 Å². The van der Waals surface area contributed by atoms with Crippen LogP contribution in [0.15, 0.2) is 91.0 Å². The first-order chi connectivity index (χ1) is 14.1. The minimum Gasteiger partial charge on any atom is -0.468 e. The molecule has 0 heterocycles. The number of methoxy groups -OCH3 is 1. The van der Waals surface area contributed by atoms with Crippen molar-refractivity contribution >= 4 is 14.0 Å². The minimum atomic E-state index is -0.784. The number of rotatable bonds is 8. The number of hydrogen-bond acceptors (Lipinski definition) is 4. The third-order valence-electron chi connectivity index (χ3n) is 5.21. The summed E-state index contributed by atoms with van der Waals surface area (Å²) < 4.78 is 5.09. The highest BCUT2D eigenvalue weighted by molar-refractivity contribution is 6.04. The molecule has 0 bridgehead atoms. The molecule has 3 rings (SSSR count). The lowest BCUT2D eigenvalue weighted by Gasteiger charge is -2.40. The van der Waals surface area contributed by atoms with Crippen molar-refractivity contribution in [3.63, 3.8) is 0 Å². The van der Waals surface area contributed by atoms with Gasteiger partial charge in [-0.25, -0.2) is 0 Å². The topological polar surface area (TPSA) is 50.4 Å². The molecule has 3 aromatic carbocycles. The highest BCUT2D eigenvalue weighted by atomic mass is 16.5. The van der Waals surface area contributed by atoms with Gasteiger partial charge in [-0.1, -0.05) is 91.0 Å². The van der Waals surface area contributed by atoms with E-state index >= 15 is 0 Å². The Kier molecular flexibility index (Phi) is 6.86. The Morgan fingerprint density at radius 1 is 0.828 bits per heavy atom. The van der Waals surface area contributed by atoms with Gasteiger partial charge in [0.25, 0.3) is 0 Å². The maximum absolute atomic E-state index is 12.7. The van der Waals surface area contributed by atoms with Gasteiger partial charge in [0.1, 0.15) is 6.04 Å². The van der Waals surface area contributed by atoms with Crippen LogP contribution in [0.2, 0.25) is 0 Å². The van der Waals surface area contributed by atoms with E-state index in [1.54, 1.807) is 0 Å². The molecule has 29 heavy (non-hydrogen) atoms.